The van der Waals surface area contributed by atoms with Gasteiger partial charge in [-0.2, -0.15) is 4.98 Å². The van der Waals surface area contributed by atoms with E-state index in [1.807, 2.05) is 25.1 Å². The summed E-state index contributed by atoms with van der Waals surface area (Å²) in [5, 5.41) is 3.74. The highest BCUT2D eigenvalue weighted by Crippen LogP contribution is 2.25. The van der Waals surface area contributed by atoms with Gasteiger partial charge in [0.05, 0.1) is 0 Å². The molecular weight excluding hydrogens is 310 g/mol. The Hall–Kier alpha value is -3.22. The van der Waals surface area contributed by atoms with Crippen molar-refractivity contribution in [3.8, 4) is 11.5 Å². The molecule has 0 radical (unpaired) electrons. The standard InChI is InChI=1S/C17H15N3O4/c1-2-15-19-16(24-20-15)11-22-17(21)13-10-18-9-8-14(13)23-12-6-4-3-5-7-12/h3-10H,2,11H2,1H3. The number of benzene rings is 1. The predicted octanol–water partition coefficient (Wildman–Crippen LogP) is 3.18. The first-order valence-electron chi connectivity index (χ1n) is 7.41. The first-order chi connectivity index (χ1) is 11.8. The van der Waals surface area contributed by atoms with Gasteiger partial charge in [-0.05, 0) is 12.1 Å². The predicted molar refractivity (Wildman–Crippen MR) is 83.5 cm³/mol. The fourth-order valence-corrected chi connectivity index (χ4v) is 1.94. The molecule has 0 bridgehead atoms. The normalized spacial score (nSPS) is 10.4. The lowest BCUT2D eigenvalue weighted by atomic mass is 10.2. The molecule has 2 heterocycles. The number of para-hydroxylation sites is 1. The third-order valence-corrected chi connectivity index (χ3v) is 3.13. The number of hydrogen-bond acceptors (Lipinski definition) is 7. The van der Waals surface area contributed by atoms with Crippen molar-refractivity contribution in [2.24, 2.45) is 0 Å². The van der Waals surface area contributed by atoms with Crippen LogP contribution in [0.4, 0.5) is 0 Å². The maximum Gasteiger partial charge on any atom is 0.344 e. The Balaban J connectivity index is 1.70. The van der Waals surface area contributed by atoms with Crippen molar-refractivity contribution in [2.45, 2.75) is 20.0 Å². The topological polar surface area (TPSA) is 87.3 Å². The van der Waals surface area contributed by atoms with Crippen LogP contribution in [0.3, 0.4) is 0 Å². The van der Waals surface area contributed by atoms with Gasteiger partial charge in [-0.15, -0.1) is 0 Å². The minimum absolute atomic E-state index is 0.106. The molecule has 0 N–H and O–H groups in total. The summed E-state index contributed by atoms with van der Waals surface area (Å²) in [6.07, 6.45) is 3.58. The van der Waals surface area contributed by atoms with Gasteiger partial charge in [0.25, 0.3) is 5.89 Å². The zero-order chi connectivity index (χ0) is 16.8. The number of aryl methyl sites for hydroxylation is 1. The highest BCUT2D eigenvalue weighted by Gasteiger charge is 2.16. The molecular formula is C17H15N3O4. The molecule has 24 heavy (non-hydrogen) atoms. The molecule has 0 fully saturated rings. The number of rotatable bonds is 6. The number of aromatic nitrogens is 3. The van der Waals surface area contributed by atoms with E-state index in [9.17, 15) is 4.79 Å². The first kappa shape index (κ1) is 15.7. The molecule has 0 aliphatic carbocycles. The van der Waals surface area contributed by atoms with Crippen molar-refractivity contribution < 1.29 is 18.8 Å². The average molecular weight is 325 g/mol. The second-order valence-electron chi connectivity index (χ2n) is 4.82. The molecule has 3 rings (SSSR count). The molecule has 0 spiro atoms. The average Bonchev–Trinajstić information content (AvgIpc) is 3.09. The van der Waals surface area contributed by atoms with Crippen LogP contribution in [-0.2, 0) is 17.8 Å². The zero-order valence-electron chi connectivity index (χ0n) is 13.0. The number of pyridine rings is 1. The molecule has 0 saturated heterocycles. The molecule has 0 saturated carbocycles. The van der Waals surface area contributed by atoms with E-state index < -0.39 is 5.97 Å². The summed E-state index contributed by atoms with van der Waals surface area (Å²) in [6, 6.07) is 10.8. The van der Waals surface area contributed by atoms with E-state index in [0.29, 0.717) is 23.7 Å². The molecule has 2 aromatic heterocycles. The second kappa shape index (κ2) is 7.36. The van der Waals surface area contributed by atoms with Gasteiger partial charge in [0.2, 0.25) is 0 Å². The summed E-state index contributed by atoms with van der Waals surface area (Å²) in [4.78, 5) is 20.3. The zero-order valence-corrected chi connectivity index (χ0v) is 13.0. The number of esters is 1. The fourth-order valence-electron chi connectivity index (χ4n) is 1.94. The Morgan fingerprint density at radius 2 is 2.04 bits per heavy atom. The van der Waals surface area contributed by atoms with Crippen LogP contribution < -0.4 is 4.74 Å². The molecule has 3 aromatic rings. The van der Waals surface area contributed by atoms with Crippen LogP contribution >= 0.6 is 0 Å². The van der Waals surface area contributed by atoms with E-state index in [0.717, 1.165) is 0 Å². The Morgan fingerprint density at radius 1 is 1.21 bits per heavy atom. The molecule has 1 aromatic carbocycles. The Bertz CT molecular complexity index is 817. The van der Waals surface area contributed by atoms with Crippen LogP contribution in [0.5, 0.6) is 11.5 Å². The van der Waals surface area contributed by atoms with E-state index in [-0.39, 0.29) is 18.1 Å². The van der Waals surface area contributed by atoms with Crippen molar-refractivity contribution in [3.63, 3.8) is 0 Å². The van der Waals surface area contributed by atoms with Crippen LogP contribution in [0.15, 0.2) is 53.3 Å². The van der Waals surface area contributed by atoms with Gasteiger partial charge < -0.3 is 14.0 Å². The van der Waals surface area contributed by atoms with E-state index in [4.69, 9.17) is 14.0 Å². The van der Waals surface area contributed by atoms with Crippen LogP contribution in [0.1, 0.15) is 29.0 Å². The number of carbonyl (C=O) groups excluding carboxylic acids is 1. The molecule has 7 heteroatoms. The van der Waals surface area contributed by atoms with Crippen LogP contribution in [-0.4, -0.2) is 21.1 Å². The van der Waals surface area contributed by atoms with Crippen LogP contribution in [0.2, 0.25) is 0 Å². The SMILES string of the molecule is CCc1noc(COC(=O)c2cnccc2Oc2ccccc2)n1. The number of ether oxygens (including phenoxy) is 2. The monoisotopic (exact) mass is 325 g/mol. The summed E-state index contributed by atoms with van der Waals surface area (Å²) < 4.78 is 15.9. The molecule has 0 aliphatic heterocycles. The van der Waals surface area contributed by atoms with Gasteiger partial charge in [0.15, 0.2) is 12.4 Å². The van der Waals surface area contributed by atoms with E-state index in [1.165, 1.54) is 6.20 Å². The lowest BCUT2D eigenvalue weighted by molar-refractivity contribution is 0.0426. The van der Waals surface area contributed by atoms with Gasteiger partial charge in [-0.1, -0.05) is 30.3 Å². The highest BCUT2D eigenvalue weighted by atomic mass is 16.6. The maximum absolute atomic E-state index is 12.3. The third-order valence-electron chi connectivity index (χ3n) is 3.13. The minimum Gasteiger partial charge on any atom is -0.456 e. The smallest absolute Gasteiger partial charge is 0.344 e. The maximum atomic E-state index is 12.3. The number of nitrogens with zero attached hydrogens (tertiary/aromatic N) is 3. The largest absolute Gasteiger partial charge is 0.456 e. The third kappa shape index (κ3) is 3.75. The molecule has 7 nitrogen and oxygen atoms in total. The molecule has 0 unspecified atom stereocenters. The lowest BCUT2D eigenvalue weighted by Gasteiger charge is -2.09. The Morgan fingerprint density at radius 3 is 2.79 bits per heavy atom. The summed E-state index contributed by atoms with van der Waals surface area (Å²) in [5.41, 5.74) is 0.219. The summed E-state index contributed by atoms with van der Waals surface area (Å²) in [6.45, 7) is 1.80. The molecule has 0 atom stereocenters. The van der Waals surface area contributed by atoms with Gasteiger partial charge >= 0.3 is 5.97 Å². The van der Waals surface area contributed by atoms with Crippen molar-refractivity contribution in [1.29, 1.82) is 0 Å². The summed E-state index contributed by atoms with van der Waals surface area (Å²) in [7, 11) is 0. The Kier molecular flexibility index (Phi) is 4.81. The van der Waals surface area contributed by atoms with Crippen molar-refractivity contribution in [3.05, 3.63) is 66.1 Å². The second-order valence-corrected chi connectivity index (χ2v) is 4.82. The molecule has 122 valence electrons. The number of hydrogen-bond donors (Lipinski definition) is 0. The highest BCUT2D eigenvalue weighted by molar-refractivity contribution is 5.92. The van der Waals surface area contributed by atoms with Crippen LogP contribution in [0.25, 0.3) is 0 Å². The van der Waals surface area contributed by atoms with E-state index >= 15 is 0 Å². The number of carbonyl (C=O) groups is 1. The fraction of sp³-hybridized carbons (Fsp3) is 0.176. The Labute approximate surface area is 138 Å². The van der Waals surface area contributed by atoms with Gasteiger partial charge in [0, 0.05) is 24.9 Å². The minimum atomic E-state index is -0.578. The van der Waals surface area contributed by atoms with Crippen molar-refractivity contribution in [2.75, 3.05) is 0 Å². The van der Waals surface area contributed by atoms with E-state index in [1.54, 1.807) is 24.4 Å². The summed E-state index contributed by atoms with van der Waals surface area (Å²) >= 11 is 0. The van der Waals surface area contributed by atoms with Crippen molar-refractivity contribution >= 4 is 5.97 Å². The van der Waals surface area contributed by atoms with Gasteiger partial charge in [0.1, 0.15) is 17.1 Å². The first-order valence-corrected chi connectivity index (χ1v) is 7.41. The van der Waals surface area contributed by atoms with E-state index in [2.05, 4.69) is 15.1 Å². The quantitative estimate of drug-likeness (QED) is 0.643. The van der Waals surface area contributed by atoms with Crippen molar-refractivity contribution in [1.82, 2.24) is 15.1 Å². The molecule has 0 aliphatic rings. The van der Waals surface area contributed by atoms with Gasteiger partial charge in [-0.3, -0.25) is 4.98 Å². The van der Waals surface area contributed by atoms with Crippen LogP contribution in [0, 0.1) is 0 Å². The molecule has 0 amide bonds. The lowest BCUT2D eigenvalue weighted by Crippen LogP contribution is -2.07. The van der Waals surface area contributed by atoms with Gasteiger partial charge in [-0.25, -0.2) is 4.79 Å². The summed E-state index contributed by atoms with van der Waals surface area (Å²) in [5.74, 6) is 1.21.